The molecule has 45 heavy (non-hydrogen) atoms. The first-order valence-corrected chi connectivity index (χ1v) is 16.1. The van der Waals surface area contributed by atoms with Crippen LogP contribution in [0.5, 0.6) is 23.0 Å². The van der Waals surface area contributed by atoms with Crippen LogP contribution in [0.1, 0.15) is 73.2 Å². The fraction of sp³-hybridized carbons (Fsp3) is 0.385. The van der Waals surface area contributed by atoms with E-state index in [1.54, 1.807) is 14.2 Å². The normalized spacial score (nSPS) is 24.3. The molecule has 0 saturated carbocycles. The van der Waals surface area contributed by atoms with Crippen LogP contribution >= 0.6 is 0 Å². The number of anilines is 2. The quantitative estimate of drug-likeness (QED) is 0.246. The van der Waals surface area contributed by atoms with Crippen LogP contribution in [-0.2, 0) is 17.3 Å². The maximum Gasteiger partial charge on any atom is 0.166 e. The number of benzene rings is 4. The molecule has 0 unspecified atom stereocenters. The van der Waals surface area contributed by atoms with Crippen molar-refractivity contribution < 1.29 is 18.9 Å². The van der Waals surface area contributed by atoms with Gasteiger partial charge in [-0.1, -0.05) is 76.2 Å². The van der Waals surface area contributed by atoms with Crippen LogP contribution in [0.25, 0.3) is 0 Å². The Morgan fingerprint density at radius 2 is 1.09 bits per heavy atom. The fourth-order valence-electron chi connectivity index (χ4n) is 8.46. The largest absolute Gasteiger partial charge is 0.493 e. The fourth-order valence-corrected chi connectivity index (χ4v) is 8.46. The van der Waals surface area contributed by atoms with Gasteiger partial charge in [0.15, 0.2) is 23.0 Å². The van der Waals surface area contributed by atoms with Gasteiger partial charge >= 0.3 is 0 Å². The average molecular weight is 603 g/mol. The van der Waals surface area contributed by atoms with Gasteiger partial charge in [-0.05, 0) is 52.9 Å². The molecule has 0 radical (unpaired) electrons. The van der Waals surface area contributed by atoms with E-state index < -0.39 is 0 Å². The van der Waals surface area contributed by atoms with E-state index in [4.69, 9.17) is 18.9 Å². The van der Waals surface area contributed by atoms with Crippen molar-refractivity contribution in [3.8, 4) is 23.0 Å². The number of para-hydroxylation sites is 2. The Labute approximate surface area is 266 Å². The number of fused-ring (bicyclic) bond motifs is 8. The van der Waals surface area contributed by atoms with Gasteiger partial charge in [0.05, 0.1) is 39.5 Å². The molecule has 4 aliphatic rings. The molecule has 0 fully saturated rings. The summed E-state index contributed by atoms with van der Waals surface area (Å²) in [6, 6.07) is 26.7. The molecule has 0 aromatic heterocycles. The smallest absolute Gasteiger partial charge is 0.166 e. The maximum absolute atomic E-state index is 6.35. The molecule has 4 aromatic rings. The number of methoxy groups -OCH3 is 2. The molecule has 4 aromatic carbocycles. The Morgan fingerprint density at radius 1 is 0.644 bits per heavy atom. The molecular formula is C39H42N2O4. The number of nitrogens with one attached hydrogen (secondary N) is 2. The van der Waals surface area contributed by atoms with E-state index in [2.05, 4.69) is 99.0 Å². The second-order valence-corrected chi connectivity index (χ2v) is 14.2. The third-order valence-electron chi connectivity index (χ3n) is 11.2. The third kappa shape index (κ3) is 4.21. The zero-order valence-electron chi connectivity index (χ0n) is 27.0. The SMILES string of the molecule is COc1cccc2c1OC[C@@H]1[C@H]2Nc2ccc(Cc3ccc4c(c3)C(C)(C)[C@@H]3COc5c(OC)cccc5[C@@H]3N4)cc2C1(C)C. The summed E-state index contributed by atoms with van der Waals surface area (Å²) < 4.78 is 23.9. The maximum atomic E-state index is 6.35. The molecule has 4 atom stereocenters. The summed E-state index contributed by atoms with van der Waals surface area (Å²) in [6.45, 7) is 10.8. The average Bonchev–Trinajstić information content (AvgIpc) is 3.04. The molecule has 6 nitrogen and oxygen atoms in total. The van der Waals surface area contributed by atoms with E-state index in [1.165, 1.54) is 44.8 Å². The summed E-state index contributed by atoms with van der Waals surface area (Å²) in [6.07, 6.45) is 0.877. The summed E-state index contributed by atoms with van der Waals surface area (Å²) in [4.78, 5) is 0. The van der Waals surface area contributed by atoms with E-state index >= 15 is 0 Å². The molecule has 0 aliphatic carbocycles. The lowest BCUT2D eigenvalue weighted by molar-refractivity contribution is 0.131. The molecular weight excluding hydrogens is 560 g/mol. The number of hydrogen-bond donors (Lipinski definition) is 2. The summed E-state index contributed by atoms with van der Waals surface area (Å²) in [7, 11) is 3.41. The molecule has 2 N–H and O–H groups in total. The molecule has 6 heteroatoms. The highest BCUT2D eigenvalue weighted by Crippen LogP contribution is 2.55. The monoisotopic (exact) mass is 602 g/mol. The van der Waals surface area contributed by atoms with Gasteiger partial charge < -0.3 is 29.6 Å². The van der Waals surface area contributed by atoms with Crippen LogP contribution in [0.15, 0.2) is 72.8 Å². The second kappa shape index (κ2) is 10.1. The van der Waals surface area contributed by atoms with E-state index in [-0.39, 0.29) is 22.9 Å². The minimum Gasteiger partial charge on any atom is -0.493 e. The van der Waals surface area contributed by atoms with Crippen molar-refractivity contribution in [2.75, 3.05) is 38.1 Å². The first-order chi connectivity index (χ1) is 21.7. The molecule has 0 spiro atoms. The predicted molar refractivity (Wildman–Crippen MR) is 178 cm³/mol. The second-order valence-electron chi connectivity index (χ2n) is 14.2. The Kier molecular flexibility index (Phi) is 6.32. The zero-order chi connectivity index (χ0) is 31.1. The third-order valence-corrected chi connectivity index (χ3v) is 11.2. The van der Waals surface area contributed by atoms with Crippen molar-refractivity contribution in [1.29, 1.82) is 0 Å². The summed E-state index contributed by atoms with van der Waals surface area (Å²) in [5.74, 6) is 3.92. The molecule has 4 heterocycles. The van der Waals surface area contributed by atoms with E-state index in [9.17, 15) is 0 Å². The lowest BCUT2D eigenvalue weighted by Crippen LogP contribution is -2.46. The van der Waals surface area contributed by atoms with Gasteiger partial charge in [0.1, 0.15) is 0 Å². The lowest BCUT2D eigenvalue weighted by atomic mass is 9.64. The topological polar surface area (TPSA) is 61.0 Å². The van der Waals surface area contributed by atoms with Crippen LogP contribution in [0.4, 0.5) is 11.4 Å². The lowest BCUT2D eigenvalue weighted by Gasteiger charge is -2.49. The van der Waals surface area contributed by atoms with Gasteiger partial charge in [-0.25, -0.2) is 0 Å². The summed E-state index contributed by atoms with van der Waals surface area (Å²) >= 11 is 0. The van der Waals surface area contributed by atoms with Crippen LogP contribution < -0.4 is 29.6 Å². The first-order valence-electron chi connectivity index (χ1n) is 16.1. The number of hydrogen-bond acceptors (Lipinski definition) is 6. The highest BCUT2D eigenvalue weighted by atomic mass is 16.5. The van der Waals surface area contributed by atoms with Gasteiger partial charge in [-0.2, -0.15) is 0 Å². The van der Waals surface area contributed by atoms with Crippen molar-refractivity contribution in [2.24, 2.45) is 11.8 Å². The van der Waals surface area contributed by atoms with Crippen molar-refractivity contribution in [1.82, 2.24) is 0 Å². The van der Waals surface area contributed by atoms with Crippen LogP contribution in [0.2, 0.25) is 0 Å². The first kappa shape index (κ1) is 28.2. The molecule has 0 saturated heterocycles. The molecule has 0 amide bonds. The van der Waals surface area contributed by atoms with Crippen LogP contribution in [0, 0.1) is 11.8 Å². The van der Waals surface area contributed by atoms with Crippen LogP contribution in [0.3, 0.4) is 0 Å². The van der Waals surface area contributed by atoms with Gasteiger partial charge in [0.25, 0.3) is 0 Å². The Bertz CT molecular complexity index is 1680. The Morgan fingerprint density at radius 3 is 1.51 bits per heavy atom. The van der Waals surface area contributed by atoms with Gasteiger partial charge in [0, 0.05) is 45.2 Å². The molecule has 0 bridgehead atoms. The number of rotatable bonds is 4. The van der Waals surface area contributed by atoms with Crippen molar-refractivity contribution >= 4 is 11.4 Å². The van der Waals surface area contributed by atoms with Gasteiger partial charge in [-0.15, -0.1) is 0 Å². The van der Waals surface area contributed by atoms with E-state index in [0.29, 0.717) is 25.0 Å². The standard InChI is InChI=1S/C39H42N2O4/c1-38(2)26-18-22(13-15-30(26)40-34-24-9-7-11-32(42-5)36(24)44-20-28(34)38)17-23-14-16-31-27(19-23)39(3,4)29-21-45-37-25(35(29)41-31)10-8-12-33(37)43-6/h7-16,18-19,28-29,34-35,40-41H,17,20-21H2,1-6H3/t28-,29-,34+,35+/m1/s1. The molecule has 232 valence electrons. The zero-order valence-corrected chi connectivity index (χ0v) is 27.0. The number of ether oxygens (including phenoxy) is 4. The van der Waals surface area contributed by atoms with Crippen molar-refractivity contribution in [2.45, 2.75) is 57.0 Å². The molecule has 8 rings (SSSR count). The highest BCUT2D eigenvalue weighted by molar-refractivity contribution is 5.65. The highest BCUT2D eigenvalue weighted by Gasteiger charge is 2.48. The van der Waals surface area contributed by atoms with Crippen molar-refractivity contribution in [3.05, 3.63) is 106 Å². The van der Waals surface area contributed by atoms with Crippen LogP contribution in [-0.4, -0.2) is 27.4 Å². The Balaban J connectivity index is 1.09. The summed E-state index contributed by atoms with van der Waals surface area (Å²) in [5, 5.41) is 7.76. The summed E-state index contributed by atoms with van der Waals surface area (Å²) in [5.41, 5.74) is 9.97. The predicted octanol–water partition coefficient (Wildman–Crippen LogP) is 8.20. The Hall–Kier alpha value is -4.32. The van der Waals surface area contributed by atoms with Crippen molar-refractivity contribution in [3.63, 3.8) is 0 Å². The van der Waals surface area contributed by atoms with Gasteiger partial charge in [0.2, 0.25) is 0 Å². The minimum atomic E-state index is -0.0707. The minimum absolute atomic E-state index is 0.0707. The molecule has 4 aliphatic heterocycles. The van der Waals surface area contributed by atoms with E-state index in [0.717, 1.165) is 29.4 Å². The van der Waals surface area contributed by atoms with E-state index in [1.807, 2.05) is 12.1 Å². The van der Waals surface area contributed by atoms with Gasteiger partial charge in [-0.3, -0.25) is 0 Å².